The lowest BCUT2D eigenvalue weighted by molar-refractivity contribution is 0.407. The Kier molecular flexibility index (Phi) is 2.92. The third kappa shape index (κ3) is 1.66. The monoisotopic (exact) mass is 241 g/mol. The lowest BCUT2D eigenvalue weighted by atomic mass is 9.73. The summed E-state index contributed by atoms with van der Waals surface area (Å²) in [5.74, 6) is 1.71. The number of nitrogens with zero attached hydrogens (tertiary/aromatic N) is 2. The van der Waals surface area contributed by atoms with E-state index in [0.717, 1.165) is 18.8 Å². The molecule has 0 aliphatic heterocycles. The van der Waals surface area contributed by atoms with Crippen molar-refractivity contribution in [2.24, 2.45) is 0 Å². The van der Waals surface area contributed by atoms with Crippen LogP contribution in [0.15, 0.2) is 36.7 Å². The molecular weight excluding hydrogens is 222 g/mol. The second kappa shape index (κ2) is 4.58. The minimum Gasteiger partial charge on any atom is -0.334 e. The third-order valence-corrected chi connectivity index (χ3v) is 3.97. The SMILES string of the molecule is CCn1ccnc1C(NC)C1Cc2ccccc21. The van der Waals surface area contributed by atoms with Crippen molar-refractivity contribution in [1.29, 1.82) is 0 Å². The molecule has 3 heteroatoms. The molecule has 0 fully saturated rings. The summed E-state index contributed by atoms with van der Waals surface area (Å²) < 4.78 is 2.22. The van der Waals surface area contributed by atoms with E-state index in [2.05, 4.69) is 52.3 Å². The summed E-state index contributed by atoms with van der Waals surface area (Å²) in [5.41, 5.74) is 2.96. The van der Waals surface area contributed by atoms with Crippen molar-refractivity contribution in [3.05, 3.63) is 53.6 Å². The molecule has 94 valence electrons. The zero-order chi connectivity index (χ0) is 12.5. The standard InChI is InChI=1S/C15H19N3/c1-3-18-9-8-17-15(18)14(16-2)13-10-11-6-4-5-7-12(11)13/h4-9,13-14,16H,3,10H2,1-2H3. The minimum atomic E-state index is 0.315. The van der Waals surface area contributed by atoms with Crippen molar-refractivity contribution < 1.29 is 0 Å². The average molecular weight is 241 g/mol. The zero-order valence-electron chi connectivity index (χ0n) is 10.9. The lowest BCUT2D eigenvalue weighted by Gasteiger charge is -2.36. The predicted octanol–water partition coefficient (Wildman–Crippen LogP) is 2.50. The molecule has 0 saturated heterocycles. The van der Waals surface area contributed by atoms with Gasteiger partial charge < -0.3 is 9.88 Å². The van der Waals surface area contributed by atoms with Crippen LogP contribution in [-0.2, 0) is 13.0 Å². The van der Waals surface area contributed by atoms with Crippen LogP contribution in [0.25, 0.3) is 0 Å². The first kappa shape index (κ1) is 11.5. The van der Waals surface area contributed by atoms with Gasteiger partial charge in [0.05, 0.1) is 6.04 Å². The summed E-state index contributed by atoms with van der Waals surface area (Å²) in [6.07, 6.45) is 5.11. The molecule has 0 radical (unpaired) electrons. The van der Waals surface area contributed by atoms with E-state index in [-0.39, 0.29) is 0 Å². The minimum absolute atomic E-state index is 0.315. The highest BCUT2D eigenvalue weighted by atomic mass is 15.1. The van der Waals surface area contributed by atoms with Crippen LogP contribution in [0.1, 0.15) is 35.8 Å². The van der Waals surface area contributed by atoms with Crippen molar-refractivity contribution in [1.82, 2.24) is 14.9 Å². The van der Waals surface area contributed by atoms with Gasteiger partial charge in [-0.3, -0.25) is 0 Å². The fourth-order valence-corrected chi connectivity index (χ4v) is 2.97. The van der Waals surface area contributed by atoms with Gasteiger partial charge in [-0.25, -0.2) is 4.98 Å². The van der Waals surface area contributed by atoms with Gasteiger partial charge in [0.25, 0.3) is 0 Å². The number of aryl methyl sites for hydroxylation is 1. The van der Waals surface area contributed by atoms with Crippen molar-refractivity contribution in [3.63, 3.8) is 0 Å². The maximum Gasteiger partial charge on any atom is 0.126 e. The predicted molar refractivity (Wildman–Crippen MR) is 72.6 cm³/mol. The molecule has 0 spiro atoms. The number of benzene rings is 1. The summed E-state index contributed by atoms with van der Waals surface area (Å²) in [4.78, 5) is 4.53. The molecule has 18 heavy (non-hydrogen) atoms. The Balaban J connectivity index is 1.92. The van der Waals surface area contributed by atoms with E-state index in [0.29, 0.717) is 12.0 Å². The molecule has 1 aromatic heterocycles. The molecular formula is C15H19N3. The van der Waals surface area contributed by atoms with E-state index >= 15 is 0 Å². The van der Waals surface area contributed by atoms with Crippen molar-refractivity contribution >= 4 is 0 Å². The van der Waals surface area contributed by atoms with Gasteiger partial charge in [0.15, 0.2) is 0 Å². The zero-order valence-corrected chi connectivity index (χ0v) is 10.9. The van der Waals surface area contributed by atoms with Crippen LogP contribution in [0.4, 0.5) is 0 Å². The molecule has 0 bridgehead atoms. The summed E-state index contributed by atoms with van der Waals surface area (Å²) in [6.45, 7) is 3.13. The van der Waals surface area contributed by atoms with Crippen LogP contribution in [0, 0.1) is 0 Å². The Bertz CT molecular complexity index is 544. The normalized spacial score (nSPS) is 19.1. The van der Waals surface area contributed by atoms with Crippen LogP contribution < -0.4 is 5.32 Å². The number of nitrogens with one attached hydrogen (secondary N) is 1. The molecule has 2 atom stereocenters. The van der Waals surface area contributed by atoms with Gasteiger partial charge >= 0.3 is 0 Å². The largest absolute Gasteiger partial charge is 0.334 e. The molecule has 1 N–H and O–H groups in total. The quantitative estimate of drug-likeness (QED) is 0.891. The Morgan fingerprint density at radius 2 is 2.28 bits per heavy atom. The molecule has 1 aliphatic carbocycles. The number of likely N-dealkylation sites (N-methyl/N-ethyl adjacent to an activating group) is 1. The number of imidazole rings is 1. The topological polar surface area (TPSA) is 29.9 Å². The van der Waals surface area contributed by atoms with Crippen molar-refractivity contribution in [3.8, 4) is 0 Å². The number of hydrogen-bond acceptors (Lipinski definition) is 2. The summed E-state index contributed by atoms with van der Waals surface area (Å²) >= 11 is 0. The number of hydrogen-bond donors (Lipinski definition) is 1. The second-order valence-electron chi connectivity index (χ2n) is 4.85. The Morgan fingerprint density at radius 3 is 3.00 bits per heavy atom. The van der Waals surface area contributed by atoms with E-state index in [1.807, 2.05) is 13.2 Å². The van der Waals surface area contributed by atoms with Crippen LogP contribution in [0.3, 0.4) is 0 Å². The third-order valence-electron chi connectivity index (χ3n) is 3.97. The fraction of sp³-hybridized carbons (Fsp3) is 0.400. The Hall–Kier alpha value is -1.61. The molecule has 0 saturated carbocycles. The van der Waals surface area contributed by atoms with Gasteiger partial charge in [-0.2, -0.15) is 0 Å². The molecule has 2 aromatic rings. The Morgan fingerprint density at radius 1 is 1.44 bits per heavy atom. The maximum absolute atomic E-state index is 4.53. The molecule has 1 aliphatic rings. The van der Waals surface area contributed by atoms with Crippen LogP contribution in [0.5, 0.6) is 0 Å². The smallest absolute Gasteiger partial charge is 0.126 e. The van der Waals surface area contributed by atoms with Gasteiger partial charge in [-0.05, 0) is 31.5 Å². The molecule has 1 heterocycles. The van der Waals surface area contributed by atoms with Crippen LogP contribution >= 0.6 is 0 Å². The van der Waals surface area contributed by atoms with E-state index < -0.39 is 0 Å². The highest BCUT2D eigenvalue weighted by Gasteiger charge is 2.34. The molecule has 1 aromatic carbocycles. The van der Waals surface area contributed by atoms with E-state index in [1.54, 1.807) is 0 Å². The molecule has 3 nitrogen and oxygen atoms in total. The van der Waals surface area contributed by atoms with Gasteiger partial charge in [0.2, 0.25) is 0 Å². The van der Waals surface area contributed by atoms with Gasteiger partial charge in [0, 0.05) is 24.9 Å². The molecule has 3 rings (SSSR count). The first-order valence-electron chi connectivity index (χ1n) is 6.61. The maximum atomic E-state index is 4.53. The highest BCUT2D eigenvalue weighted by Crippen LogP contribution is 2.42. The first-order valence-corrected chi connectivity index (χ1v) is 6.61. The molecule has 2 unspecified atom stereocenters. The van der Waals surface area contributed by atoms with E-state index in [1.165, 1.54) is 11.1 Å². The summed E-state index contributed by atoms with van der Waals surface area (Å²) in [7, 11) is 2.03. The number of fused-ring (bicyclic) bond motifs is 1. The summed E-state index contributed by atoms with van der Waals surface area (Å²) in [5, 5.41) is 3.44. The lowest BCUT2D eigenvalue weighted by Crippen LogP contribution is -2.33. The number of rotatable bonds is 4. The van der Waals surface area contributed by atoms with Crippen molar-refractivity contribution in [2.45, 2.75) is 31.8 Å². The summed E-state index contributed by atoms with van der Waals surface area (Å²) in [6, 6.07) is 9.04. The van der Waals surface area contributed by atoms with Crippen molar-refractivity contribution in [2.75, 3.05) is 7.05 Å². The van der Waals surface area contributed by atoms with Gasteiger partial charge in [-0.15, -0.1) is 0 Å². The highest BCUT2D eigenvalue weighted by molar-refractivity contribution is 5.42. The number of aromatic nitrogens is 2. The van der Waals surface area contributed by atoms with Crippen LogP contribution in [0.2, 0.25) is 0 Å². The van der Waals surface area contributed by atoms with E-state index in [4.69, 9.17) is 0 Å². The van der Waals surface area contributed by atoms with Crippen LogP contribution in [-0.4, -0.2) is 16.6 Å². The first-order chi connectivity index (χ1) is 8.85. The van der Waals surface area contributed by atoms with Gasteiger partial charge in [0.1, 0.15) is 5.82 Å². The average Bonchev–Trinajstić information content (AvgIpc) is 2.84. The Labute approximate surface area is 108 Å². The fourth-order valence-electron chi connectivity index (χ4n) is 2.97. The molecule has 0 amide bonds. The second-order valence-corrected chi connectivity index (χ2v) is 4.85. The van der Waals surface area contributed by atoms with E-state index in [9.17, 15) is 0 Å². The van der Waals surface area contributed by atoms with Gasteiger partial charge in [-0.1, -0.05) is 24.3 Å².